The number of benzene rings is 8. The number of aromatic nitrogens is 2. The van der Waals surface area contributed by atoms with E-state index in [0.717, 1.165) is 74.2 Å². The lowest BCUT2D eigenvalue weighted by Gasteiger charge is -2.29. The minimum Gasteiger partial charge on any atom is -0.435 e. The van der Waals surface area contributed by atoms with Crippen LogP contribution in [0, 0.1) is 0 Å². The maximum atomic E-state index is 6.42. The van der Waals surface area contributed by atoms with Gasteiger partial charge >= 0.3 is 0 Å². The largest absolute Gasteiger partial charge is 0.435 e. The highest BCUT2D eigenvalue weighted by Crippen LogP contribution is 2.44. The maximum absolute atomic E-state index is 6.42. The van der Waals surface area contributed by atoms with E-state index in [1.54, 1.807) is 0 Å². The second-order valence-electron chi connectivity index (χ2n) is 14.7. The molecule has 4 nitrogen and oxygen atoms in total. The SMILES string of the molecule is C1=CCCC(c2ccccc2N(c2ccc(-c3cc4nc(-c5ccccc5)oc4c4ccccc34)cc2)c2ccc3c(c2)c2ccccc2n3-c2ccccc2)=C1. The molecule has 1 aliphatic rings. The third-order valence-electron chi connectivity index (χ3n) is 11.3. The highest BCUT2D eigenvalue weighted by molar-refractivity contribution is 6.12. The van der Waals surface area contributed by atoms with Gasteiger partial charge in [-0.15, -0.1) is 0 Å². The van der Waals surface area contributed by atoms with E-state index in [4.69, 9.17) is 9.40 Å². The predicted molar refractivity (Wildman–Crippen MR) is 238 cm³/mol. The lowest BCUT2D eigenvalue weighted by atomic mass is 9.94. The van der Waals surface area contributed by atoms with Crippen LogP contribution in [0.15, 0.2) is 205 Å². The highest BCUT2D eigenvalue weighted by atomic mass is 16.3. The molecule has 4 heteroatoms. The first-order valence-electron chi connectivity index (χ1n) is 19.6. The molecular weight excluding hydrogens is 695 g/mol. The van der Waals surface area contributed by atoms with Crippen molar-refractivity contribution < 1.29 is 4.42 Å². The normalized spacial score (nSPS) is 12.8. The van der Waals surface area contributed by atoms with E-state index in [2.05, 4.69) is 179 Å². The minimum absolute atomic E-state index is 0.630. The van der Waals surface area contributed by atoms with Gasteiger partial charge in [0, 0.05) is 44.3 Å². The van der Waals surface area contributed by atoms with Crippen LogP contribution in [-0.4, -0.2) is 9.55 Å². The molecule has 0 amide bonds. The molecule has 0 spiro atoms. The number of para-hydroxylation sites is 3. The highest BCUT2D eigenvalue weighted by Gasteiger charge is 2.22. The number of rotatable bonds is 7. The van der Waals surface area contributed by atoms with Crippen LogP contribution in [0.2, 0.25) is 0 Å². The van der Waals surface area contributed by atoms with Crippen molar-refractivity contribution in [3.63, 3.8) is 0 Å². The van der Waals surface area contributed by atoms with Crippen molar-refractivity contribution in [2.45, 2.75) is 12.8 Å². The van der Waals surface area contributed by atoms with Crippen LogP contribution >= 0.6 is 0 Å². The Morgan fingerprint density at radius 2 is 1.21 bits per heavy atom. The molecule has 0 radical (unpaired) electrons. The predicted octanol–water partition coefficient (Wildman–Crippen LogP) is 14.6. The Bertz CT molecular complexity index is 3170. The molecule has 270 valence electrons. The summed E-state index contributed by atoms with van der Waals surface area (Å²) in [4.78, 5) is 7.41. The lowest BCUT2D eigenvalue weighted by Crippen LogP contribution is -2.12. The number of oxazole rings is 1. The van der Waals surface area contributed by atoms with Crippen LogP contribution in [0.1, 0.15) is 18.4 Å². The minimum atomic E-state index is 0.630. The first-order valence-corrected chi connectivity index (χ1v) is 19.6. The van der Waals surface area contributed by atoms with Crippen molar-refractivity contribution in [1.29, 1.82) is 0 Å². The van der Waals surface area contributed by atoms with Crippen LogP contribution in [0.5, 0.6) is 0 Å². The molecule has 0 N–H and O–H groups in total. The van der Waals surface area contributed by atoms with Gasteiger partial charge in [0.2, 0.25) is 5.89 Å². The quantitative estimate of drug-likeness (QED) is 0.164. The monoisotopic (exact) mass is 731 g/mol. The Hall–Kier alpha value is -7.43. The molecule has 0 fully saturated rings. The summed E-state index contributed by atoms with van der Waals surface area (Å²) < 4.78 is 8.80. The first kappa shape index (κ1) is 33.0. The number of fused-ring (bicyclic) bond motifs is 6. The molecule has 10 aromatic rings. The van der Waals surface area contributed by atoms with Crippen molar-refractivity contribution >= 4 is 66.3 Å². The van der Waals surface area contributed by atoms with E-state index >= 15 is 0 Å². The zero-order valence-electron chi connectivity index (χ0n) is 31.2. The van der Waals surface area contributed by atoms with E-state index < -0.39 is 0 Å². The number of allylic oxidation sites excluding steroid dienone is 4. The van der Waals surface area contributed by atoms with E-state index in [-0.39, 0.29) is 0 Å². The van der Waals surface area contributed by atoms with Gasteiger partial charge in [-0.2, -0.15) is 0 Å². The Morgan fingerprint density at radius 1 is 0.526 bits per heavy atom. The third kappa shape index (κ3) is 5.65. The molecule has 0 unspecified atom stereocenters. The summed E-state index contributed by atoms with van der Waals surface area (Å²) in [5.74, 6) is 0.630. The molecular formula is C53H37N3O. The van der Waals surface area contributed by atoms with Crippen molar-refractivity contribution in [1.82, 2.24) is 9.55 Å². The van der Waals surface area contributed by atoms with Gasteiger partial charge in [-0.05, 0) is 108 Å². The van der Waals surface area contributed by atoms with Gasteiger partial charge in [0.15, 0.2) is 5.58 Å². The Morgan fingerprint density at radius 3 is 2.02 bits per heavy atom. The Balaban J connectivity index is 1.08. The topological polar surface area (TPSA) is 34.2 Å². The maximum Gasteiger partial charge on any atom is 0.227 e. The first-order chi connectivity index (χ1) is 28.3. The summed E-state index contributed by atoms with van der Waals surface area (Å²) in [6.07, 6.45) is 8.76. The van der Waals surface area contributed by atoms with Gasteiger partial charge in [0.05, 0.1) is 16.7 Å². The van der Waals surface area contributed by atoms with Crippen molar-refractivity contribution in [3.8, 4) is 28.3 Å². The second kappa shape index (κ2) is 13.7. The second-order valence-corrected chi connectivity index (χ2v) is 14.7. The van der Waals surface area contributed by atoms with Crippen LogP contribution < -0.4 is 4.90 Å². The molecule has 8 aromatic carbocycles. The van der Waals surface area contributed by atoms with Crippen LogP contribution in [0.3, 0.4) is 0 Å². The zero-order valence-corrected chi connectivity index (χ0v) is 31.2. The third-order valence-corrected chi connectivity index (χ3v) is 11.3. The lowest BCUT2D eigenvalue weighted by molar-refractivity contribution is 0.623. The summed E-state index contributed by atoms with van der Waals surface area (Å²) in [6, 6.07) is 64.9. The fourth-order valence-corrected chi connectivity index (χ4v) is 8.64. The van der Waals surface area contributed by atoms with Crippen LogP contribution in [0.4, 0.5) is 17.1 Å². The molecule has 11 rings (SSSR count). The number of nitrogens with zero attached hydrogens (tertiary/aromatic N) is 3. The molecule has 1 aliphatic carbocycles. The molecule has 0 aliphatic heterocycles. The molecule has 0 atom stereocenters. The average Bonchev–Trinajstić information content (AvgIpc) is 3.87. The molecule has 2 heterocycles. The van der Waals surface area contributed by atoms with Crippen LogP contribution in [0.25, 0.3) is 77.5 Å². The van der Waals surface area contributed by atoms with E-state index in [0.29, 0.717) is 5.89 Å². The molecule has 57 heavy (non-hydrogen) atoms. The summed E-state index contributed by atoms with van der Waals surface area (Å²) >= 11 is 0. The standard InChI is InChI=1S/C53H37N3O/c1-4-16-36(17-5-1)42-22-12-14-26-49(42)55(41-32-33-51-47(34-41)44-24-13-15-27-50(44)56(51)39-20-8-3-9-21-39)40-30-28-37(29-31-40)46-35-48-52(45-25-11-10-23-43(45)46)57-53(54-48)38-18-6-2-7-19-38/h1-4,6-16,18-35H,5,17H2. The van der Waals surface area contributed by atoms with E-state index in [1.165, 1.54) is 32.9 Å². The summed E-state index contributed by atoms with van der Waals surface area (Å²) in [6.45, 7) is 0. The fourth-order valence-electron chi connectivity index (χ4n) is 8.64. The van der Waals surface area contributed by atoms with E-state index in [1.807, 2.05) is 30.3 Å². The van der Waals surface area contributed by atoms with Crippen molar-refractivity contribution in [2.24, 2.45) is 0 Å². The number of hydrogen-bond acceptors (Lipinski definition) is 3. The molecule has 0 bridgehead atoms. The van der Waals surface area contributed by atoms with Crippen molar-refractivity contribution in [2.75, 3.05) is 4.90 Å². The van der Waals surface area contributed by atoms with Gasteiger partial charge in [0.25, 0.3) is 0 Å². The van der Waals surface area contributed by atoms with Crippen LogP contribution in [-0.2, 0) is 0 Å². The van der Waals surface area contributed by atoms with Gasteiger partial charge in [-0.1, -0.05) is 127 Å². The smallest absolute Gasteiger partial charge is 0.227 e. The van der Waals surface area contributed by atoms with Gasteiger partial charge in [0.1, 0.15) is 5.52 Å². The fraction of sp³-hybridized carbons (Fsp3) is 0.0377. The van der Waals surface area contributed by atoms with E-state index in [9.17, 15) is 0 Å². The Kier molecular flexibility index (Phi) is 7.92. The van der Waals surface area contributed by atoms with Crippen molar-refractivity contribution in [3.05, 3.63) is 206 Å². The Labute approximate surface area is 330 Å². The molecule has 0 saturated heterocycles. The molecule has 0 saturated carbocycles. The number of anilines is 3. The van der Waals surface area contributed by atoms with Gasteiger partial charge < -0.3 is 13.9 Å². The summed E-state index contributed by atoms with van der Waals surface area (Å²) in [5, 5.41) is 4.63. The average molecular weight is 732 g/mol. The number of hydrogen-bond donors (Lipinski definition) is 0. The van der Waals surface area contributed by atoms with Gasteiger partial charge in [-0.3, -0.25) is 0 Å². The molecule has 2 aromatic heterocycles. The summed E-state index contributed by atoms with van der Waals surface area (Å²) in [7, 11) is 0. The zero-order chi connectivity index (χ0) is 37.7. The van der Waals surface area contributed by atoms with Gasteiger partial charge in [-0.25, -0.2) is 4.98 Å². The summed E-state index contributed by atoms with van der Waals surface area (Å²) in [5.41, 5.74) is 14.3.